The van der Waals surface area contributed by atoms with E-state index in [4.69, 9.17) is 15.2 Å². The van der Waals surface area contributed by atoms with Crippen molar-refractivity contribution in [1.82, 2.24) is 0 Å². The minimum atomic E-state index is 0.0779. The normalized spacial score (nSPS) is 19.3. The SMILES string of the molecule is CCc1cc(OC)c2c(c1)C(N)CCO2. The summed E-state index contributed by atoms with van der Waals surface area (Å²) >= 11 is 0. The van der Waals surface area contributed by atoms with Crippen LogP contribution in [0.15, 0.2) is 12.1 Å². The maximum atomic E-state index is 6.06. The van der Waals surface area contributed by atoms with Gasteiger partial charge in [-0.2, -0.15) is 0 Å². The molecule has 1 aliphatic rings. The highest BCUT2D eigenvalue weighted by Crippen LogP contribution is 2.39. The first-order valence-corrected chi connectivity index (χ1v) is 5.35. The summed E-state index contributed by atoms with van der Waals surface area (Å²) in [6.45, 7) is 2.80. The van der Waals surface area contributed by atoms with Gasteiger partial charge >= 0.3 is 0 Å². The first-order valence-electron chi connectivity index (χ1n) is 5.35. The number of methoxy groups -OCH3 is 1. The molecule has 0 spiro atoms. The molecule has 0 aliphatic carbocycles. The number of fused-ring (bicyclic) bond motifs is 1. The number of hydrogen-bond donors (Lipinski definition) is 1. The molecule has 15 heavy (non-hydrogen) atoms. The van der Waals surface area contributed by atoms with Crippen molar-refractivity contribution in [3.8, 4) is 11.5 Å². The van der Waals surface area contributed by atoms with E-state index < -0.39 is 0 Å². The zero-order valence-electron chi connectivity index (χ0n) is 9.25. The van der Waals surface area contributed by atoms with Gasteiger partial charge < -0.3 is 15.2 Å². The van der Waals surface area contributed by atoms with Gasteiger partial charge in [0.25, 0.3) is 0 Å². The van der Waals surface area contributed by atoms with Gasteiger partial charge in [-0.15, -0.1) is 0 Å². The maximum absolute atomic E-state index is 6.06. The average molecular weight is 207 g/mol. The van der Waals surface area contributed by atoms with E-state index in [9.17, 15) is 0 Å². The van der Waals surface area contributed by atoms with Crippen molar-refractivity contribution >= 4 is 0 Å². The van der Waals surface area contributed by atoms with E-state index in [0.29, 0.717) is 6.61 Å². The van der Waals surface area contributed by atoms with Crippen LogP contribution in [0.4, 0.5) is 0 Å². The lowest BCUT2D eigenvalue weighted by Gasteiger charge is -2.25. The molecule has 0 saturated heterocycles. The number of rotatable bonds is 2. The molecule has 1 atom stereocenters. The Morgan fingerprint density at radius 3 is 3.00 bits per heavy atom. The Bertz CT molecular complexity index is 363. The molecule has 0 amide bonds. The number of ether oxygens (including phenoxy) is 2. The summed E-state index contributed by atoms with van der Waals surface area (Å²) in [4.78, 5) is 0. The van der Waals surface area contributed by atoms with Gasteiger partial charge in [0.05, 0.1) is 13.7 Å². The molecule has 1 unspecified atom stereocenters. The summed E-state index contributed by atoms with van der Waals surface area (Å²) in [5, 5.41) is 0. The van der Waals surface area contributed by atoms with Crippen LogP contribution < -0.4 is 15.2 Å². The van der Waals surface area contributed by atoms with E-state index in [1.165, 1.54) is 5.56 Å². The fourth-order valence-electron chi connectivity index (χ4n) is 1.91. The van der Waals surface area contributed by atoms with Gasteiger partial charge in [-0.1, -0.05) is 13.0 Å². The Morgan fingerprint density at radius 1 is 1.53 bits per heavy atom. The van der Waals surface area contributed by atoms with Crippen molar-refractivity contribution in [1.29, 1.82) is 0 Å². The molecular formula is C12H17NO2. The molecule has 2 N–H and O–H groups in total. The van der Waals surface area contributed by atoms with Crippen LogP contribution in [0.25, 0.3) is 0 Å². The fourth-order valence-corrected chi connectivity index (χ4v) is 1.91. The van der Waals surface area contributed by atoms with E-state index >= 15 is 0 Å². The maximum Gasteiger partial charge on any atom is 0.165 e. The Labute approximate surface area is 90.2 Å². The minimum absolute atomic E-state index is 0.0779. The molecule has 0 aromatic heterocycles. The number of nitrogens with two attached hydrogens (primary N) is 1. The van der Waals surface area contributed by atoms with Crippen LogP contribution in [0.2, 0.25) is 0 Å². The fraction of sp³-hybridized carbons (Fsp3) is 0.500. The highest BCUT2D eigenvalue weighted by atomic mass is 16.5. The van der Waals surface area contributed by atoms with Crippen LogP contribution in [0, 0.1) is 0 Å². The van der Waals surface area contributed by atoms with Gasteiger partial charge in [-0.3, -0.25) is 0 Å². The zero-order chi connectivity index (χ0) is 10.8. The molecule has 1 aromatic rings. The van der Waals surface area contributed by atoms with Crippen LogP contribution in [0.1, 0.15) is 30.5 Å². The Hall–Kier alpha value is -1.22. The second kappa shape index (κ2) is 4.11. The van der Waals surface area contributed by atoms with Crippen LogP contribution in [-0.2, 0) is 6.42 Å². The van der Waals surface area contributed by atoms with E-state index in [0.717, 1.165) is 29.9 Å². The predicted octanol–water partition coefficient (Wildman–Crippen LogP) is 2.04. The summed E-state index contributed by atoms with van der Waals surface area (Å²) in [7, 11) is 1.67. The first-order chi connectivity index (χ1) is 7.26. The highest BCUT2D eigenvalue weighted by Gasteiger charge is 2.22. The largest absolute Gasteiger partial charge is 0.493 e. The molecule has 3 nitrogen and oxygen atoms in total. The van der Waals surface area contributed by atoms with E-state index in [2.05, 4.69) is 13.0 Å². The summed E-state index contributed by atoms with van der Waals surface area (Å²) in [5.74, 6) is 1.63. The van der Waals surface area contributed by atoms with Gasteiger partial charge in [0.1, 0.15) is 0 Å². The molecule has 0 saturated carbocycles. The van der Waals surface area contributed by atoms with Crippen LogP contribution >= 0.6 is 0 Å². The smallest absolute Gasteiger partial charge is 0.165 e. The summed E-state index contributed by atoms with van der Waals surface area (Å²) in [6.07, 6.45) is 1.86. The van der Waals surface area contributed by atoms with Crippen molar-refractivity contribution in [2.24, 2.45) is 5.73 Å². The Morgan fingerprint density at radius 2 is 2.33 bits per heavy atom. The van der Waals surface area contributed by atoms with Gasteiger partial charge in [0, 0.05) is 18.0 Å². The molecule has 0 fully saturated rings. The predicted molar refractivity (Wildman–Crippen MR) is 59.4 cm³/mol. The van der Waals surface area contributed by atoms with Gasteiger partial charge in [-0.05, 0) is 18.1 Å². The second-order valence-electron chi connectivity index (χ2n) is 3.81. The molecule has 0 radical (unpaired) electrons. The van der Waals surface area contributed by atoms with Crippen molar-refractivity contribution < 1.29 is 9.47 Å². The minimum Gasteiger partial charge on any atom is -0.493 e. The Balaban J connectivity index is 2.52. The molecule has 82 valence electrons. The topological polar surface area (TPSA) is 44.5 Å². The monoisotopic (exact) mass is 207 g/mol. The first kappa shape index (κ1) is 10.3. The van der Waals surface area contributed by atoms with Crippen molar-refractivity contribution in [2.75, 3.05) is 13.7 Å². The third kappa shape index (κ3) is 1.79. The third-order valence-corrected chi connectivity index (χ3v) is 2.85. The molecule has 1 heterocycles. The summed E-state index contributed by atoms with van der Waals surface area (Å²) < 4.78 is 10.9. The van der Waals surface area contributed by atoms with Crippen LogP contribution in [-0.4, -0.2) is 13.7 Å². The molecular weight excluding hydrogens is 190 g/mol. The molecule has 1 aromatic carbocycles. The van der Waals surface area contributed by atoms with Crippen LogP contribution in [0.5, 0.6) is 11.5 Å². The Kier molecular flexibility index (Phi) is 2.82. The van der Waals surface area contributed by atoms with Gasteiger partial charge in [-0.25, -0.2) is 0 Å². The van der Waals surface area contributed by atoms with Crippen molar-refractivity contribution in [2.45, 2.75) is 25.8 Å². The summed E-state index contributed by atoms with van der Waals surface area (Å²) in [6, 6.07) is 4.23. The van der Waals surface area contributed by atoms with Crippen molar-refractivity contribution in [3.63, 3.8) is 0 Å². The van der Waals surface area contributed by atoms with E-state index in [1.54, 1.807) is 7.11 Å². The van der Waals surface area contributed by atoms with Gasteiger partial charge in [0.15, 0.2) is 11.5 Å². The second-order valence-corrected chi connectivity index (χ2v) is 3.81. The van der Waals surface area contributed by atoms with E-state index in [-0.39, 0.29) is 6.04 Å². The lowest BCUT2D eigenvalue weighted by Crippen LogP contribution is -2.21. The number of aryl methyl sites for hydroxylation is 1. The van der Waals surface area contributed by atoms with Crippen molar-refractivity contribution in [3.05, 3.63) is 23.3 Å². The number of benzene rings is 1. The third-order valence-electron chi connectivity index (χ3n) is 2.85. The number of hydrogen-bond acceptors (Lipinski definition) is 3. The standard InChI is InChI=1S/C12H17NO2/c1-3-8-6-9-10(13)4-5-15-12(9)11(7-8)14-2/h6-7,10H,3-5,13H2,1-2H3. The van der Waals surface area contributed by atoms with Gasteiger partial charge in [0.2, 0.25) is 0 Å². The molecule has 1 aliphatic heterocycles. The van der Waals surface area contributed by atoms with Crippen LogP contribution in [0.3, 0.4) is 0 Å². The average Bonchev–Trinajstić information content (AvgIpc) is 2.28. The molecule has 2 rings (SSSR count). The van der Waals surface area contributed by atoms with E-state index in [1.807, 2.05) is 6.07 Å². The lowest BCUT2D eigenvalue weighted by atomic mass is 9.97. The molecule has 3 heteroatoms. The zero-order valence-corrected chi connectivity index (χ0v) is 9.25. The summed E-state index contributed by atoms with van der Waals surface area (Å²) in [5.41, 5.74) is 8.38. The lowest BCUT2D eigenvalue weighted by molar-refractivity contribution is 0.252. The molecule has 0 bridgehead atoms. The highest BCUT2D eigenvalue weighted by molar-refractivity contribution is 5.51. The quantitative estimate of drug-likeness (QED) is 0.807.